The average molecular weight is 208 g/mol. The lowest BCUT2D eigenvalue weighted by molar-refractivity contribution is 0.651. The molecule has 0 spiro atoms. The molecule has 0 heteroatoms. The molecule has 0 aliphatic heterocycles. The highest BCUT2D eigenvalue weighted by atomic mass is 13.9. The highest BCUT2D eigenvalue weighted by Crippen LogP contribution is 2.06. The zero-order valence-corrected chi connectivity index (χ0v) is 10.7. The molecule has 0 N–H and O–H groups in total. The van der Waals surface area contributed by atoms with Gasteiger partial charge in [0, 0.05) is 0 Å². The summed E-state index contributed by atoms with van der Waals surface area (Å²) in [5.41, 5.74) is 0. The summed E-state index contributed by atoms with van der Waals surface area (Å²) in [5.74, 6) is 0. The number of unbranched alkanes of at least 4 members (excludes halogenated alkanes) is 6. The molecule has 0 aromatic carbocycles. The summed E-state index contributed by atoms with van der Waals surface area (Å²) in [4.78, 5) is 0. The van der Waals surface area contributed by atoms with Crippen molar-refractivity contribution < 1.29 is 0 Å². The van der Waals surface area contributed by atoms with E-state index in [2.05, 4.69) is 38.2 Å². The van der Waals surface area contributed by atoms with Crippen LogP contribution in [0.4, 0.5) is 0 Å². The Kier molecular flexibility index (Phi) is 13.0. The number of hydrogen-bond donors (Lipinski definition) is 0. The molecule has 0 bridgehead atoms. The highest BCUT2D eigenvalue weighted by molar-refractivity contribution is 4.81. The number of hydrogen-bond acceptors (Lipinski definition) is 0. The summed E-state index contributed by atoms with van der Waals surface area (Å²) < 4.78 is 0. The summed E-state index contributed by atoms with van der Waals surface area (Å²) in [7, 11) is 0. The largest absolute Gasteiger partial charge is 0.0888 e. The van der Waals surface area contributed by atoms with Gasteiger partial charge in [-0.3, -0.25) is 0 Å². The van der Waals surface area contributed by atoms with Crippen molar-refractivity contribution in [1.29, 1.82) is 0 Å². The Balaban J connectivity index is 3.01. The molecule has 0 radical (unpaired) electrons. The molecular formula is C15H28. The molecule has 15 heavy (non-hydrogen) atoms. The third-order valence-electron chi connectivity index (χ3n) is 2.52. The fraction of sp³-hybridized carbons (Fsp3) is 0.733. The minimum Gasteiger partial charge on any atom is -0.0888 e. The molecule has 0 heterocycles. The molecule has 0 aliphatic rings. The fourth-order valence-corrected chi connectivity index (χ4v) is 1.56. The van der Waals surface area contributed by atoms with Crippen LogP contribution in [0.1, 0.15) is 71.6 Å². The molecule has 0 rings (SSSR count). The summed E-state index contributed by atoms with van der Waals surface area (Å²) in [6.07, 6.45) is 21.1. The second-order valence-electron chi connectivity index (χ2n) is 4.13. The first-order valence-corrected chi connectivity index (χ1v) is 6.71. The summed E-state index contributed by atoms with van der Waals surface area (Å²) >= 11 is 0. The summed E-state index contributed by atoms with van der Waals surface area (Å²) in [6.45, 7) is 4.42. The van der Waals surface area contributed by atoms with Crippen molar-refractivity contribution in [2.45, 2.75) is 71.6 Å². The molecule has 0 aliphatic carbocycles. The van der Waals surface area contributed by atoms with Gasteiger partial charge in [-0.25, -0.2) is 0 Å². The maximum Gasteiger partial charge on any atom is -0.0351 e. The topological polar surface area (TPSA) is 0 Å². The number of allylic oxidation sites excluding steroid dienone is 4. The van der Waals surface area contributed by atoms with Gasteiger partial charge in [-0.15, -0.1) is 0 Å². The van der Waals surface area contributed by atoms with Gasteiger partial charge in [0.2, 0.25) is 0 Å². The van der Waals surface area contributed by atoms with E-state index in [9.17, 15) is 0 Å². The van der Waals surface area contributed by atoms with E-state index in [0.717, 1.165) is 0 Å². The Morgan fingerprint density at radius 1 is 0.600 bits per heavy atom. The first-order valence-electron chi connectivity index (χ1n) is 6.71. The highest BCUT2D eigenvalue weighted by Gasteiger charge is 1.87. The second-order valence-corrected chi connectivity index (χ2v) is 4.13. The summed E-state index contributed by atoms with van der Waals surface area (Å²) in [6, 6.07) is 0. The molecular weight excluding hydrogens is 180 g/mol. The zero-order valence-electron chi connectivity index (χ0n) is 10.7. The first-order chi connectivity index (χ1) is 7.41. The Labute approximate surface area is 96.5 Å². The number of rotatable bonds is 10. The Hall–Kier alpha value is -0.520. The minimum atomic E-state index is 1.18. The lowest BCUT2D eigenvalue weighted by atomic mass is 10.1. The van der Waals surface area contributed by atoms with Crippen molar-refractivity contribution in [3.8, 4) is 0 Å². The van der Waals surface area contributed by atoms with E-state index in [1.165, 1.54) is 57.8 Å². The van der Waals surface area contributed by atoms with Gasteiger partial charge in [0.05, 0.1) is 0 Å². The monoisotopic (exact) mass is 208 g/mol. The quantitative estimate of drug-likeness (QED) is 0.321. The second kappa shape index (κ2) is 13.5. The zero-order chi connectivity index (χ0) is 11.2. The van der Waals surface area contributed by atoms with Crippen LogP contribution in [0.2, 0.25) is 0 Å². The maximum absolute atomic E-state index is 2.35. The van der Waals surface area contributed by atoms with Crippen molar-refractivity contribution in [1.82, 2.24) is 0 Å². The van der Waals surface area contributed by atoms with Crippen LogP contribution in [0.25, 0.3) is 0 Å². The van der Waals surface area contributed by atoms with Crippen molar-refractivity contribution in [2.24, 2.45) is 0 Å². The van der Waals surface area contributed by atoms with Crippen LogP contribution in [0, 0.1) is 0 Å². The average Bonchev–Trinajstić information content (AvgIpc) is 2.26. The first kappa shape index (κ1) is 14.5. The third-order valence-corrected chi connectivity index (χ3v) is 2.52. The Morgan fingerprint density at radius 2 is 1.13 bits per heavy atom. The molecule has 0 nitrogen and oxygen atoms in total. The third kappa shape index (κ3) is 13.5. The molecule has 0 fully saturated rings. The smallest absolute Gasteiger partial charge is 0.0351 e. The van der Waals surface area contributed by atoms with Crippen LogP contribution < -0.4 is 0 Å². The lowest BCUT2D eigenvalue weighted by Crippen LogP contribution is -1.76. The van der Waals surface area contributed by atoms with Crippen molar-refractivity contribution in [3.63, 3.8) is 0 Å². The molecule has 0 unspecified atom stereocenters. The SMILES string of the molecule is CCC=CCCCCCCC=CCCC. The van der Waals surface area contributed by atoms with Crippen LogP contribution >= 0.6 is 0 Å². The molecule has 0 amide bonds. The van der Waals surface area contributed by atoms with Crippen molar-refractivity contribution in [3.05, 3.63) is 24.3 Å². The van der Waals surface area contributed by atoms with E-state index in [4.69, 9.17) is 0 Å². The van der Waals surface area contributed by atoms with Gasteiger partial charge in [0.1, 0.15) is 0 Å². The van der Waals surface area contributed by atoms with E-state index in [-0.39, 0.29) is 0 Å². The van der Waals surface area contributed by atoms with Gasteiger partial charge < -0.3 is 0 Å². The van der Waals surface area contributed by atoms with Gasteiger partial charge in [-0.05, 0) is 38.5 Å². The standard InChI is InChI=1S/C15H28/c1-3-5-7-9-11-13-15-14-12-10-8-6-4-2/h5,7-8,10H,3-4,6,9,11-15H2,1-2H3. The van der Waals surface area contributed by atoms with E-state index in [1.54, 1.807) is 0 Å². The van der Waals surface area contributed by atoms with Crippen LogP contribution in [-0.4, -0.2) is 0 Å². The van der Waals surface area contributed by atoms with E-state index in [0.29, 0.717) is 0 Å². The van der Waals surface area contributed by atoms with Gasteiger partial charge in [0.15, 0.2) is 0 Å². The van der Waals surface area contributed by atoms with Gasteiger partial charge >= 0.3 is 0 Å². The predicted molar refractivity (Wildman–Crippen MR) is 71.2 cm³/mol. The van der Waals surface area contributed by atoms with E-state index >= 15 is 0 Å². The van der Waals surface area contributed by atoms with Crippen molar-refractivity contribution >= 4 is 0 Å². The lowest BCUT2D eigenvalue weighted by Gasteiger charge is -1.96. The van der Waals surface area contributed by atoms with Crippen LogP contribution in [0.3, 0.4) is 0 Å². The van der Waals surface area contributed by atoms with Gasteiger partial charge in [0.25, 0.3) is 0 Å². The maximum atomic E-state index is 2.35. The summed E-state index contributed by atoms with van der Waals surface area (Å²) in [5, 5.41) is 0. The molecule has 0 saturated heterocycles. The molecule has 0 aromatic rings. The minimum absolute atomic E-state index is 1.18. The van der Waals surface area contributed by atoms with Crippen LogP contribution in [-0.2, 0) is 0 Å². The fourth-order valence-electron chi connectivity index (χ4n) is 1.56. The molecule has 88 valence electrons. The van der Waals surface area contributed by atoms with Gasteiger partial charge in [-0.2, -0.15) is 0 Å². The Morgan fingerprint density at radius 3 is 1.67 bits per heavy atom. The molecule has 0 saturated carbocycles. The Bertz CT molecular complexity index is 153. The normalized spacial score (nSPS) is 11.9. The van der Waals surface area contributed by atoms with E-state index in [1.807, 2.05) is 0 Å². The molecule has 0 aromatic heterocycles. The van der Waals surface area contributed by atoms with Gasteiger partial charge in [-0.1, -0.05) is 57.4 Å². The molecule has 0 atom stereocenters. The van der Waals surface area contributed by atoms with E-state index < -0.39 is 0 Å². The predicted octanol–water partition coefficient (Wildman–Crippen LogP) is 5.65. The van der Waals surface area contributed by atoms with Crippen molar-refractivity contribution in [2.75, 3.05) is 0 Å². The van der Waals surface area contributed by atoms with Crippen LogP contribution in [0.5, 0.6) is 0 Å². The van der Waals surface area contributed by atoms with Crippen LogP contribution in [0.15, 0.2) is 24.3 Å².